The Morgan fingerprint density at radius 1 is 1.00 bits per heavy atom. The van der Waals surface area contributed by atoms with Gasteiger partial charge in [-0.25, -0.2) is 0 Å². The molecule has 0 N–H and O–H groups in total. The van der Waals surface area contributed by atoms with Crippen LogP contribution in [0.2, 0.25) is 0 Å². The summed E-state index contributed by atoms with van der Waals surface area (Å²) >= 11 is 0. The van der Waals surface area contributed by atoms with Gasteiger partial charge in [0.1, 0.15) is 0 Å². The van der Waals surface area contributed by atoms with E-state index in [2.05, 4.69) is 29.2 Å². The minimum Gasteiger partial charge on any atom is -0.303 e. The highest BCUT2D eigenvalue weighted by atomic mass is 15.1. The lowest BCUT2D eigenvalue weighted by Gasteiger charge is -2.32. The second-order valence-electron chi connectivity index (χ2n) is 5.74. The molecule has 17 heavy (non-hydrogen) atoms. The Morgan fingerprint density at radius 2 is 1.76 bits per heavy atom. The molecule has 1 aliphatic carbocycles. The predicted octanol–water partition coefficient (Wildman–Crippen LogP) is 3.28. The van der Waals surface area contributed by atoms with Crippen molar-refractivity contribution in [2.24, 2.45) is 5.92 Å². The van der Waals surface area contributed by atoms with Gasteiger partial charge in [0, 0.05) is 6.54 Å². The minimum absolute atomic E-state index is 0.906. The van der Waals surface area contributed by atoms with Crippen molar-refractivity contribution in [3.63, 3.8) is 0 Å². The zero-order valence-corrected chi connectivity index (χ0v) is 10.7. The van der Waals surface area contributed by atoms with Crippen LogP contribution in [0.4, 0.5) is 0 Å². The Hall–Kier alpha value is -0.820. The first-order valence-electron chi connectivity index (χ1n) is 7.21. The normalized spacial score (nSPS) is 25.5. The summed E-state index contributed by atoms with van der Waals surface area (Å²) in [6.45, 7) is 4.03. The van der Waals surface area contributed by atoms with Crippen LogP contribution in [0.5, 0.6) is 0 Å². The number of benzene rings is 1. The Bertz CT molecular complexity index is 366. The van der Waals surface area contributed by atoms with Crippen LogP contribution >= 0.6 is 0 Å². The third-order valence-electron chi connectivity index (χ3n) is 4.41. The molecule has 0 bridgehead atoms. The predicted molar refractivity (Wildman–Crippen MR) is 72.2 cm³/mol. The molecule has 3 rings (SSSR count). The summed E-state index contributed by atoms with van der Waals surface area (Å²) in [6.07, 6.45) is 8.30. The number of piperidine rings is 1. The molecule has 1 aromatic rings. The van der Waals surface area contributed by atoms with Crippen molar-refractivity contribution in [3.8, 4) is 0 Å². The van der Waals surface area contributed by atoms with E-state index in [0.29, 0.717) is 0 Å². The average molecular weight is 229 g/mol. The number of hydrogen-bond acceptors (Lipinski definition) is 1. The second-order valence-corrected chi connectivity index (χ2v) is 5.74. The first-order chi connectivity index (χ1) is 8.42. The molecule has 0 amide bonds. The highest BCUT2D eigenvalue weighted by Crippen LogP contribution is 2.26. The fourth-order valence-electron chi connectivity index (χ4n) is 3.44. The lowest BCUT2D eigenvalue weighted by Crippen LogP contribution is -2.36. The van der Waals surface area contributed by atoms with Gasteiger partial charge in [0.2, 0.25) is 0 Å². The lowest BCUT2D eigenvalue weighted by atomic mass is 9.83. The summed E-state index contributed by atoms with van der Waals surface area (Å²) in [5, 5.41) is 0. The molecule has 0 spiro atoms. The van der Waals surface area contributed by atoms with Gasteiger partial charge in [-0.1, -0.05) is 30.7 Å². The maximum absolute atomic E-state index is 2.70. The van der Waals surface area contributed by atoms with Gasteiger partial charge >= 0.3 is 0 Å². The van der Waals surface area contributed by atoms with E-state index >= 15 is 0 Å². The summed E-state index contributed by atoms with van der Waals surface area (Å²) < 4.78 is 0. The maximum atomic E-state index is 2.70. The summed E-state index contributed by atoms with van der Waals surface area (Å²) in [6, 6.07) is 9.02. The molecule has 1 fully saturated rings. The van der Waals surface area contributed by atoms with E-state index < -0.39 is 0 Å². The van der Waals surface area contributed by atoms with E-state index in [4.69, 9.17) is 0 Å². The van der Waals surface area contributed by atoms with E-state index in [1.54, 1.807) is 11.1 Å². The fraction of sp³-hybridized carbons (Fsp3) is 0.625. The van der Waals surface area contributed by atoms with Crippen molar-refractivity contribution in [2.75, 3.05) is 19.6 Å². The van der Waals surface area contributed by atoms with E-state index in [1.165, 1.54) is 58.2 Å². The molecule has 1 atom stereocenters. The fourth-order valence-corrected chi connectivity index (χ4v) is 3.44. The van der Waals surface area contributed by atoms with Crippen molar-refractivity contribution in [1.29, 1.82) is 0 Å². The monoisotopic (exact) mass is 229 g/mol. The van der Waals surface area contributed by atoms with Crippen LogP contribution in [0.15, 0.2) is 24.3 Å². The molecule has 1 heteroatoms. The molecule has 1 aromatic carbocycles. The van der Waals surface area contributed by atoms with Gasteiger partial charge < -0.3 is 4.90 Å². The third-order valence-corrected chi connectivity index (χ3v) is 4.41. The molecule has 1 heterocycles. The summed E-state index contributed by atoms with van der Waals surface area (Å²) in [4.78, 5) is 2.70. The van der Waals surface area contributed by atoms with Gasteiger partial charge in [0.25, 0.3) is 0 Å². The first kappa shape index (κ1) is 11.3. The number of rotatable bonds is 2. The van der Waals surface area contributed by atoms with Gasteiger partial charge in [-0.2, -0.15) is 0 Å². The van der Waals surface area contributed by atoms with Crippen molar-refractivity contribution >= 4 is 0 Å². The molecule has 0 saturated carbocycles. The van der Waals surface area contributed by atoms with Gasteiger partial charge in [-0.3, -0.25) is 0 Å². The summed E-state index contributed by atoms with van der Waals surface area (Å²) in [5.41, 5.74) is 3.21. The molecule has 1 aliphatic heterocycles. The molecule has 0 radical (unpaired) electrons. The largest absolute Gasteiger partial charge is 0.303 e. The Kier molecular flexibility index (Phi) is 3.46. The van der Waals surface area contributed by atoms with Crippen LogP contribution in [0.25, 0.3) is 0 Å². The van der Waals surface area contributed by atoms with Crippen molar-refractivity contribution in [3.05, 3.63) is 35.4 Å². The molecule has 0 aromatic heterocycles. The standard InChI is InChI=1S/C16H23N/c1-4-10-17(11-5-1)13-14-8-9-15-6-2-3-7-16(15)12-14/h2-3,6-7,14H,1,4-5,8-13H2. The molecule has 1 nitrogen and oxygen atoms in total. The molecular weight excluding hydrogens is 206 g/mol. The van der Waals surface area contributed by atoms with Crippen LogP contribution in [0.3, 0.4) is 0 Å². The van der Waals surface area contributed by atoms with E-state index in [9.17, 15) is 0 Å². The van der Waals surface area contributed by atoms with E-state index in [0.717, 1.165) is 5.92 Å². The van der Waals surface area contributed by atoms with E-state index in [-0.39, 0.29) is 0 Å². The SMILES string of the molecule is c1ccc2c(c1)CCC(CN1CCCCC1)C2. The van der Waals surface area contributed by atoms with Gasteiger partial charge in [-0.15, -0.1) is 0 Å². The average Bonchev–Trinajstić information content (AvgIpc) is 2.40. The highest BCUT2D eigenvalue weighted by Gasteiger charge is 2.21. The lowest BCUT2D eigenvalue weighted by molar-refractivity contribution is 0.187. The molecule has 92 valence electrons. The van der Waals surface area contributed by atoms with E-state index in [1.807, 2.05) is 0 Å². The Balaban J connectivity index is 1.60. The number of fused-ring (bicyclic) bond motifs is 1. The summed E-state index contributed by atoms with van der Waals surface area (Å²) in [7, 11) is 0. The number of nitrogens with zero attached hydrogens (tertiary/aromatic N) is 1. The van der Waals surface area contributed by atoms with Crippen LogP contribution in [-0.4, -0.2) is 24.5 Å². The van der Waals surface area contributed by atoms with Gasteiger partial charge in [0.05, 0.1) is 0 Å². The first-order valence-corrected chi connectivity index (χ1v) is 7.21. The molecule has 1 unspecified atom stereocenters. The van der Waals surface area contributed by atoms with Crippen molar-refractivity contribution in [1.82, 2.24) is 4.90 Å². The zero-order valence-electron chi connectivity index (χ0n) is 10.7. The maximum Gasteiger partial charge on any atom is 0.00130 e. The van der Waals surface area contributed by atoms with Crippen LogP contribution in [0.1, 0.15) is 36.8 Å². The number of hydrogen-bond donors (Lipinski definition) is 0. The zero-order chi connectivity index (χ0) is 11.5. The molecule has 2 aliphatic rings. The third kappa shape index (κ3) is 2.71. The molecular formula is C16H23N. The smallest absolute Gasteiger partial charge is 0.00130 e. The molecule has 1 saturated heterocycles. The van der Waals surface area contributed by atoms with Crippen LogP contribution in [-0.2, 0) is 12.8 Å². The van der Waals surface area contributed by atoms with Gasteiger partial charge in [0.15, 0.2) is 0 Å². The number of likely N-dealkylation sites (tertiary alicyclic amines) is 1. The topological polar surface area (TPSA) is 3.24 Å². The van der Waals surface area contributed by atoms with Gasteiger partial charge in [-0.05, 0) is 62.2 Å². The highest BCUT2D eigenvalue weighted by molar-refractivity contribution is 5.29. The second kappa shape index (κ2) is 5.22. The quantitative estimate of drug-likeness (QED) is 0.752. The summed E-state index contributed by atoms with van der Waals surface area (Å²) in [5.74, 6) is 0.906. The number of aryl methyl sites for hydroxylation is 1. The van der Waals surface area contributed by atoms with Crippen LogP contribution < -0.4 is 0 Å². The Morgan fingerprint density at radius 3 is 2.59 bits per heavy atom. The van der Waals surface area contributed by atoms with Crippen molar-refractivity contribution < 1.29 is 0 Å². The van der Waals surface area contributed by atoms with Crippen LogP contribution in [0, 0.1) is 5.92 Å². The Labute approximate surface area is 105 Å². The van der Waals surface area contributed by atoms with Crippen molar-refractivity contribution in [2.45, 2.75) is 38.5 Å². The minimum atomic E-state index is 0.906.